The number of aromatic nitrogens is 1. The lowest BCUT2D eigenvalue weighted by molar-refractivity contribution is -0.323. The highest BCUT2D eigenvalue weighted by atomic mass is 32.1. The number of carbonyl (C=O) groups excluding carboxylic acids is 2. The quantitative estimate of drug-likeness (QED) is 0.904. The number of anilines is 1. The van der Waals surface area contributed by atoms with Crippen molar-refractivity contribution in [3.63, 3.8) is 0 Å². The first-order valence-electron chi connectivity index (χ1n) is 6.21. The van der Waals surface area contributed by atoms with Crippen molar-refractivity contribution < 1.29 is 14.7 Å². The number of carbonyl (C=O) groups is 2. The average Bonchev–Trinajstić information content (AvgIpc) is 2.87. The Morgan fingerprint density at radius 2 is 2.16 bits per heavy atom. The van der Waals surface area contributed by atoms with Gasteiger partial charge in [0.15, 0.2) is 5.13 Å². The monoisotopic (exact) mass is 281 g/mol. The van der Waals surface area contributed by atoms with Crippen LogP contribution in [0, 0.1) is 16.7 Å². The van der Waals surface area contributed by atoms with Gasteiger partial charge in [0.1, 0.15) is 0 Å². The van der Waals surface area contributed by atoms with Gasteiger partial charge in [-0.2, -0.15) is 0 Å². The van der Waals surface area contributed by atoms with Gasteiger partial charge in [-0.1, -0.05) is 20.8 Å². The molecule has 1 aliphatic carbocycles. The van der Waals surface area contributed by atoms with Crippen LogP contribution < -0.4 is 10.4 Å². The van der Waals surface area contributed by atoms with Crippen LogP contribution in [0.3, 0.4) is 0 Å². The summed E-state index contributed by atoms with van der Waals surface area (Å²) < 4.78 is 0. The molecule has 2 rings (SSSR count). The summed E-state index contributed by atoms with van der Waals surface area (Å²) in [5, 5.41) is 16.4. The summed E-state index contributed by atoms with van der Waals surface area (Å²) in [5.41, 5.74) is -1.62. The fraction of sp³-hybridized carbons (Fsp3) is 0.615. The van der Waals surface area contributed by atoms with E-state index >= 15 is 0 Å². The summed E-state index contributed by atoms with van der Waals surface area (Å²) in [6.45, 7) is 5.31. The average molecular weight is 281 g/mol. The molecule has 1 aromatic rings. The van der Waals surface area contributed by atoms with E-state index in [9.17, 15) is 14.7 Å². The van der Waals surface area contributed by atoms with Gasteiger partial charge in [-0.05, 0) is 18.3 Å². The van der Waals surface area contributed by atoms with Gasteiger partial charge in [0.2, 0.25) is 5.91 Å². The molecule has 0 radical (unpaired) electrons. The highest BCUT2D eigenvalue weighted by Gasteiger charge is 2.54. The number of carboxylic acids is 1. The number of rotatable bonds is 3. The lowest BCUT2D eigenvalue weighted by Crippen LogP contribution is -2.49. The molecule has 104 valence electrons. The number of hydrogen-bond acceptors (Lipinski definition) is 5. The van der Waals surface area contributed by atoms with E-state index in [1.54, 1.807) is 18.5 Å². The Bertz CT molecular complexity index is 498. The van der Waals surface area contributed by atoms with Gasteiger partial charge >= 0.3 is 0 Å². The maximum absolute atomic E-state index is 12.3. The van der Waals surface area contributed by atoms with E-state index < -0.39 is 16.8 Å². The SMILES string of the molecule is CC1(C)[C@H](C(=O)Nc2nccs2)CC[C@@]1(C)C(=O)[O-]. The molecule has 1 N–H and O–H groups in total. The molecule has 0 saturated heterocycles. The first-order chi connectivity index (χ1) is 8.79. The first-order valence-corrected chi connectivity index (χ1v) is 7.09. The number of hydrogen-bond donors (Lipinski definition) is 1. The standard InChI is InChI=1S/C13H18N2O3S/c1-12(2)8(4-5-13(12,3)10(17)18)9(16)15-11-14-6-7-19-11/h6-8H,4-5H2,1-3H3,(H,17,18)(H,14,15,16)/p-1/t8-,13-/m0/s1. The molecular formula is C13H17N2O3S-. The molecule has 1 heterocycles. The molecule has 0 aromatic carbocycles. The molecule has 1 amide bonds. The Balaban J connectivity index is 2.18. The minimum Gasteiger partial charge on any atom is -0.550 e. The van der Waals surface area contributed by atoms with Crippen LogP contribution in [0.25, 0.3) is 0 Å². The lowest BCUT2D eigenvalue weighted by atomic mass is 9.65. The van der Waals surface area contributed by atoms with Gasteiger partial charge < -0.3 is 15.2 Å². The molecule has 0 unspecified atom stereocenters. The minimum atomic E-state index is -1.08. The van der Waals surface area contributed by atoms with E-state index in [4.69, 9.17) is 0 Å². The van der Waals surface area contributed by atoms with Crippen LogP contribution in [-0.4, -0.2) is 16.9 Å². The van der Waals surface area contributed by atoms with E-state index in [1.165, 1.54) is 11.3 Å². The fourth-order valence-corrected chi connectivity index (χ4v) is 3.33. The van der Waals surface area contributed by atoms with Crippen molar-refractivity contribution in [1.82, 2.24) is 4.98 Å². The van der Waals surface area contributed by atoms with Crippen molar-refractivity contribution in [3.05, 3.63) is 11.6 Å². The predicted molar refractivity (Wildman–Crippen MR) is 70.4 cm³/mol. The Morgan fingerprint density at radius 3 is 2.63 bits per heavy atom. The smallest absolute Gasteiger partial charge is 0.229 e. The molecule has 1 aromatic heterocycles. The van der Waals surface area contributed by atoms with E-state index in [-0.39, 0.29) is 11.8 Å². The molecule has 6 heteroatoms. The number of amides is 1. The lowest BCUT2D eigenvalue weighted by Gasteiger charge is -2.41. The molecule has 1 saturated carbocycles. The van der Waals surface area contributed by atoms with Crippen LogP contribution in [0.1, 0.15) is 33.6 Å². The van der Waals surface area contributed by atoms with Gasteiger partial charge in [0.05, 0.1) is 0 Å². The molecule has 0 aliphatic heterocycles. The predicted octanol–water partition coefficient (Wildman–Crippen LogP) is 1.27. The number of nitrogens with one attached hydrogen (secondary N) is 1. The maximum atomic E-state index is 12.3. The third-order valence-electron chi connectivity index (χ3n) is 4.66. The topological polar surface area (TPSA) is 82.1 Å². The van der Waals surface area contributed by atoms with Gasteiger partial charge in [-0.25, -0.2) is 4.98 Å². The van der Waals surface area contributed by atoms with Gasteiger partial charge in [-0.3, -0.25) is 4.79 Å². The molecule has 1 aliphatic rings. The Kier molecular flexibility index (Phi) is 3.38. The van der Waals surface area contributed by atoms with Crippen LogP contribution in [0.4, 0.5) is 5.13 Å². The minimum absolute atomic E-state index is 0.162. The molecule has 2 atom stereocenters. The zero-order valence-electron chi connectivity index (χ0n) is 11.2. The number of thiazole rings is 1. The summed E-state index contributed by atoms with van der Waals surface area (Å²) in [6, 6.07) is 0. The summed E-state index contributed by atoms with van der Waals surface area (Å²) >= 11 is 1.34. The largest absolute Gasteiger partial charge is 0.550 e. The zero-order valence-corrected chi connectivity index (χ0v) is 12.0. The second-order valence-electron chi connectivity index (χ2n) is 5.76. The Morgan fingerprint density at radius 1 is 1.47 bits per heavy atom. The van der Waals surface area contributed by atoms with E-state index in [1.807, 2.05) is 13.8 Å². The normalized spacial score (nSPS) is 29.1. The van der Waals surface area contributed by atoms with Crippen molar-refractivity contribution in [3.8, 4) is 0 Å². The van der Waals surface area contributed by atoms with Crippen LogP contribution >= 0.6 is 11.3 Å². The number of carboxylic acid groups (broad SMARTS) is 1. The molecule has 1 fully saturated rings. The van der Waals surface area contributed by atoms with E-state index in [0.717, 1.165) is 0 Å². The second kappa shape index (κ2) is 4.59. The summed E-state index contributed by atoms with van der Waals surface area (Å²) in [4.78, 5) is 27.7. The van der Waals surface area contributed by atoms with E-state index in [0.29, 0.717) is 18.0 Å². The van der Waals surface area contributed by atoms with Crippen LogP contribution in [0.2, 0.25) is 0 Å². The van der Waals surface area contributed by atoms with Crippen molar-refractivity contribution in [2.75, 3.05) is 5.32 Å². The molecule has 0 bridgehead atoms. The van der Waals surface area contributed by atoms with Crippen molar-refractivity contribution in [1.29, 1.82) is 0 Å². The molecule has 5 nitrogen and oxygen atoms in total. The summed E-state index contributed by atoms with van der Waals surface area (Å²) in [6.07, 6.45) is 2.62. The Hall–Kier alpha value is -1.43. The maximum Gasteiger partial charge on any atom is 0.229 e. The molecule has 19 heavy (non-hydrogen) atoms. The van der Waals surface area contributed by atoms with Gasteiger partial charge in [0.25, 0.3) is 0 Å². The summed E-state index contributed by atoms with van der Waals surface area (Å²) in [5.74, 6) is -1.59. The second-order valence-corrected chi connectivity index (χ2v) is 6.65. The van der Waals surface area contributed by atoms with Crippen LogP contribution in [0.5, 0.6) is 0 Å². The fourth-order valence-electron chi connectivity index (χ4n) is 2.80. The molecular weight excluding hydrogens is 264 g/mol. The number of aliphatic carboxylic acids is 1. The van der Waals surface area contributed by atoms with Gasteiger partial charge in [-0.15, -0.1) is 11.3 Å². The van der Waals surface area contributed by atoms with Crippen molar-refractivity contribution >= 4 is 28.3 Å². The number of nitrogens with zero attached hydrogens (tertiary/aromatic N) is 1. The molecule has 0 spiro atoms. The van der Waals surface area contributed by atoms with Gasteiger partial charge in [0, 0.05) is 28.9 Å². The Labute approximate surface area is 116 Å². The highest BCUT2D eigenvalue weighted by molar-refractivity contribution is 7.13. The van der Waals surface area contributed by atoms with Crippen LogP contribution in [0.15, 0.2) is 11.6 Å². The van der Waals surface area contributed by atoms with Crippen LogP contribution in [-0.2, 0) is 9.59 Å². The van der Waals surface area contributed by atoms with Crippen molar-refractivity contribution in [2.45, 2.75) is 33.6 Å². The third kappa shape index (κ3) is 2.14. The summed E-state index contributed by atoms with van der Waals surface area (Å²) in [7, 11) is 0. The first kappa shape index (κ1) is 14.0. The highest BCUT2D eigenvalue weighted by Crippen LogP contribution is 2.55. The third-order valence-corrected chi connectivity index (χ3v) is 5.34. The zero-order chi connectivity index (χ0) is 14.3. The van der Waals surface area contributed by atoms with E-state index in [2.05, 4.69) is 10.3 Å². The van der Waals surface area contributed by atoms with Crippen molar-refractivity contribution in [2.24, 2.45) is 16.7 Å².